The van der Waals surface area contributed by atoms with E-state index in [1.54, 1.807) is 7.11 Å². The van der Waals surface area contributed by atoms with Crippen molar-refractivity contribution in [1.29, 1.82) is 0 Å². The molecule has 20 heavy (non-hydrogen) atoms. The zero-order chi connectivity index (χ0) is 14.8. The molecule has 0 aliphatic heterocycles. The second kappa shape index (κ2) is 9.34. The number of benzene rings is 1. The minimum Gasteiger partial charge on any atom is -0.484 e. The molecule has 0 spiro atoms. The van der Waals surface area contributed by atoms with Crippen molar-refractivity contribution in [2.75, 3.05) is 26.9 Å². The highest BCUT2D eigenvalue weighted by atomic mass is 16.5. The Morgan fingerprint density at radius 3 is 2.85 bits per heavy atom. The molecule has 0 bridgehead atoms. The van der Waals surface area contributed by atoms with Crippen LogP contribution in [0, 0.1) is 0 Å². The van der Waals surface area contributed by atoms with Gasteiger partial charge in [0.25, 0.3) is 5.91 Å². The average Bonchev–Trinajstić information content (AvgIpc) is 2.44. The zero-order valence-electron chi connectivity index (χ0n) is 12.4. The second-order valence-corrected chi connectivity index (χ2v) is 4.81. The maximum atomic E-state index is 11.5. The van der Waals surface area contributed by atoms with Gasteiger partial charge >= 0.3 is 0 Å². The monoisotopic (exact) mass is 280 g/mol. The van der Waals surface area contributed by atoms with Crippen LogP contribution in [0.2, 0.25) is 0 Å². The Hall–Kier alpha value is -1.59. The molecule has 1 rings (SSSR count). The van der Waals surface area contributed by atoms with Crippen molar-refractivity contribution in [2.24, 2.45) is 0 Å². The summed E-state index contributed by atoms with van der Waals surface area (Å²) in [5.74, 6) is 0.558. The first-order chi connectivity index (χ1) is 9.61. The third-order valence-electron chi connectivity index (χ3n) is 2.61. The molecule has 112 valence electrons. The van der Waals surface area contributed by atoms with Crippen LogP contribution in [0.5, 0.6) is 5.75 Å². The van der Waals surface area contributed by atoms with Crippen LogP contribution in [0.25, 0.3) is 0 Å². The molecule has 0 aliphatic carbocycles. The lowest BCUT2D eigenvalue weighted by Crippen LogP contribution is -2.31. The van der Waals surface area contributed by atoms with Crippen molar-refractivity contribution in [3.05, 3.63) is 29.8 Å². The lowest BCUT2D eigenvalue weighted by Gasteiger charge is -2.10. The zero-order valence-corrected chi connectivity index (χ0v) is 12.4. The summed E-state index contributed by atoms with van der Waals surface area (Å²) in [4.78, 5) is 11.5. The van der Waals surface area contributed by atoms with Gasteiger partial charge in [0.2, 0.25) is 0 Å². The molecule has 1 aromatic rings. The van der Waals surface area contributed by atoms with Crippen LogP contribution in [-0.2, 0) is 16.1 Å². The van der Waals surface area contributed by atoms with E-state index in [2.05, 4.69) is 24.5 Å². The van der Waals surface area contributed by atoms with E-state index in [9.17, 15) is 4.79 Å². The fourth-order valence-electron chi connectivity index (χ4n) is 1.56. The van der Waals surface area contributed by atoms with Crippen LogP contribution in [0.1, 0.15) is 19.4 Å². The quantitative estimate of drug-likeness (QED) is 0.670. The summed E-state index contributed by atoms with van der Waals surface area (Å²) in [6, 6.07) is 8.18. The third-order valence-corrected chi connectivity index (χ3v) is 2.61. The number of hydrogen-bond acceptors (Lipinski definition) is 4. The lowest BCUT2D eigenvalue weighted by molar-refractivity contribution is -0.123. The molecule has 0 saturated heterocycles. The van der Waals surface area contributed by atoms with Gasteiger partial charge in [0, 0.05) is 26.2 Å². The van der Waals surface area contributed by atoms with Gasteiger partial charge in [-0.2, -0.15) is 0 Å². The predicted octanol–water partition coefficient (Wildman–Crippen LogP) is 1.33. The molecule has 5 heteroatoms. The minimum atomic E-state index is -0.146. The molecule has 0 aromatic heterocycles. The van der Waals surface area contributed by atoms with E-state index in [1.807, 2.05) is 24.3 Å². The van der Waals surface area contributed by atoms with Gasteiger partial charge in [0.15, 0.2) is 6.61 Å². The number of rotatable bonds is 9. The molecular formula is C15H24N2O3. The van der Waals surface area contributed by atoms with Crippen molar-refractivity contribution in [3.8, 4) is 5.75 Å². The molecule has 0 atom stereocenters. The maximum Gasteiger partial charge on any atom is 0.258 e. The van der Waals surface area contributed by atoms with Crippen LogP contribution in [0.15, 0.2) is 24.3 Å². The van der Waals surface area contributed by atoms with Gasteiger partial charge in [-0.25, -0.2) is 0 Å². The molecule has 0 saturated carbocycles. The lowest BCUT2D eigenvalue weighted by atomic mass is 10.2. The summed E-state index contributed by atoms with van der Waals surface area (Å²) in [5.41, 5.74) is 1.14. The van der Waals surface area contributed by atoms with Gasteiger partial charge in [-0.1, -0.05) is 26.0 Å². The van der Waals surface area contributed by atoms with E-state index in [-0.39, 0.29) is 12.5 Å². The number of nitrogens with one attached hydrogen (secondary N) is 2. The van der Waals surface area contributed by atoms with Crippen molar-refractivity contribution < 1.29 is 14.3 Å². The summed E-state index contributed by atoms with van der Waals surface area (Å²) < 4.78 is 10.3. The molecule has 1 aromatic carbocycles. The normalized spacial score (nSPS) is 10.6. The minimum absolute atomic E-state index is 0.0186. The summed E-state index contributed by atoms with van der Waals surface area (Å²) >= 11 is 0. The van der Waals surface area contributed by atoms with Crippen LogP contribution < -0.4 is 15.4 Å². The molecule has 5 nitrogen and oxygen atoms in total. The van der Waals surface area contributed by atoms with Crippen LogP contribution in [0.4, 0.5) is 0 Å². The Morgan fingerprint density at radius 1 is 1.35 bits per heavy atom. The average molecular weight is 280 g/mol. The van der Waals surface area contributed by atoms with Gasteiger partial charge < -0.3 is 20.1 Å². The standard InChI is InChI=1S/C15H24N2O3/c1-12(2)17-10-13-5-4-6-14(9-13)20-11-15(18)16-7-8-19-3/h4-6,9,12,17H,7-8,10-11H2,1-3H3,(H,16,18). The van der Waals surface area contributed by atoms with E-state index >= 15 is 0 Å². The van der Waals surface area contributed by atoms with Gasteiger partial charge in [-0.15, -0.1) is 0 Å². The first-order valence-corrected chi connectivity index (χ1v) is 6.82. The predicted molar refractivity (Wildman–Crippen MR) is 78.8 cm³/mol. The number of hydrogen-bond donors (Lipinski definition) is 2. The molecule has 1 amide bonds. The second-order valence-electron chi connectivity index (χ2n) is 4.81. The molecular weight excluding hydrogens is 256 g/mol. The summed E-state index contributed by atoms with van der Waals surface area (Å²) in [5, 5.41) is 6.05. The highest BCUT2D eigenvalue weighted by molar-refractivity contribution is 5.77. The Kier molecular flexibility index (Phi) is 7.69. The van der Waals surface area contributed by atoms with Gasteiger partial charge in [0.05, 0.1) is 6.61 Å². The SMILES string of the molecule is COCCNC(=O)COc1cccc(CNC(C)C)c1. The molecule has 0 aliphatic rings. The number of amides is 1. The number of carbonyl (C=O) groups excluding carboxylic acids is 1. The van der Waals surface area contributed by atoms with Crippen LogP contribution in [-0.4, -0.2) is 38.8 Å². The highest BCUT2D eigenvalue weighted by Gasteiger charge is 2.03. The van der Waals surface area contributed by atoms with Crippen molar-refractivity contribution >= 4 is 5.91 Å². The Bertz CT molecular complexity index is 408. The Labute approximate surface area is 120 Å². The Morgan fingerprint density at radius 2 is 2.15 bits per heavy atom. The fraction of sp³-hybridized carbons (Fsp3) is 0.533. The Balaban J connectivity index is 2.36. The van der Waals surface area contributed by atoms with E-state index in [4.69, 9.17) is 9.47 Å². The molecule has 0 radical (unpaired) electrons. The number of ether oxygens (including phenoxy) is 2. The van der Waals surface area contributed by atoms with E-state index < -0.39 is 0 Å². The third kappa shape index (κ3) is 7.11. The van der Waals surface area contributed by atoms with Gasteiger partial charge in [0.1, 0.15) is 5.75 Å². The van der Waals surface area contributed by atoms with E-state index in [1.165, 1.54) is 0 Å². The molecule has 0 unspecified atom stereocenters. The summed E-state index contributed by atoms with van der Waals surface area (Å²) in [6.45, 7) is 6.01. The van der Waals surface area contributed by atoms with Crippen LogP contribution >= 0.6 is 0 Å². The summed E-state index contributed by atoms with van der Waals surface area (Å²) in [6.07, 6.45) is 0. The van der Waals surface area contributed by atoms with Gasteiger partial charge in [-0.05, 0) is 17.7 Å². The summed E-state index contributed by atoms with van der Waals surface area (Å²) in [7, 11) is 1.60. The van der Waals surface area contributed by atoms with Crippen LogP contribution in [0.3, 0.4) is 0 Å². The first kappa shape index (κ1) is 16.5. The van der Waals surface area contributed by atoms with E-state index in [0.717, 1.165) is 12.1 Å². The maximum absolute atomic E-state index is 11.5. The molecule has 0 fully saturated rings. The smallest absolute Gasteiger partial charge is 0.258 e. The number of carbonyl (C=O) groups is 1. The van der Waals surface area contributed by atoms with E-state index in [0.29, 0.717) is 24.9 Å². The molecule has 0 heterocycles. The topological polar surface area (TPSA) is 59.6 Å². The first-order valence-electron chi connectivity index (χ1n) is 6.82. The fourth-order valence-corrected chi connectivity index (χ4v) is 1.56. The highest BCUT2D eigenvalue weighted by Crippen LogP contribution is 2.13. The van der Waals surface area contributed by atoms with Gasteiger partial charge in [-0.3, -0.25) is 4.79 Å². The largest absolute Gasteiger partial charge is 0.484 e. The van der Waals surface area contributed by atoms with Crippen molar-refractivity contribution in [2.45, 2.75) is 26.4 Å². The van der Waals surface area contributed by atoms with Crippen molar-refractivity contribution in [3.63, 3.8) is 0 Å². The number of methoxy groups -OCH3 is 1. The van der Waals surface area contributed by atoms with Crippen molar-refractivity contribution in [1.82, 2.24) is 10.6 Å². The molecule has 2 N–H and O–H groups in total.